The summed E-state index contributed by atoms with van der Waals surface area (Å²) >= 11 is 0. The highest BCUT2D eigenvalue weighted by molar-refractivity contribution is 6.70. The van der Waals surface area contributed by atoms with Gasteiger partial charge in [-0.25, -0.2) is 9.59 Å². The fraction of sp³-hybridized carbons (Fsp3) is 0.971. The summed E-state index contributed by atoms with van der Waals surface area (Å²) in [7, 11) is -5.32. The maximum Gasteiger partial charge on any atom is 0.348 e. The molecule has 1 fully saturated rings. The Kier molecular flexibility index (Phi) is 48.7. The molecule has 0 aromatic carbocycles. The zero-order chi connectivity index (χ0) is 60.8. The predicted molar refractivity (Wildman–Crippen MR) is 363 cm³/mol. The van der Waals surface area contributed by atoms with Crippen molar-refractivity contribution in [3.63, 3.8) is 0 Å². The molecule has 0 aromatic rings. The van der Waals surface area contributed by atoms with Gasteiger partial charge in [0.25, 0.3) is 0 Å². The number of unbranched alkanes of at least 4 members (excludes halogenated alkanes) is 30. The Bertz CT molecular complexity index is 1430. The molecule has 0 aromatic heterocycles. The van der Waals surface area contributed by atoms with Crippen LogP contribution in [0.5, 0.6) is 0 Å². The molecular weight excluding hydrogens is 1070 g/mol. The van der Waals surface area contributed by atoms with E-state index in [0.717, 1.165) is 84.2 Å². The van der Waals surface area contributed by atoms with Crippen LogP contribution < -0.4 is 0 Å². The number of esters is 2. The van der Waals surface area contributed by atoms with E-state index in [2.05, 4.69) is 103 Å². The number of carbonyl (C=O) groups excluding carboxylic acids is 2. The van der Waals surface area contributed by atoms with Gasteiger partial charge >= 0.3 is 11.9 Å². The Morgan fingerprint density at radius 2 is 0.585 bits per heavy atom. The van der Waals surface area contributed by atoms with Crippen molar-refractivity contribution in [2.75, 3.05) is 39.3 Å². The van der Waals surface area contributed by atoms with E-state index in [1.54, 1.807) is 0 Å². The van der Waals surface area contributed by atoms with Crippen LogP contribution in [-0.4, -0.2) is 116 Å². The fourth-order valence-electron chi connectivity index (χ4n) is 12.3. The minimum absolute atomic E-state index is 0.204. The molecule has 1 aliphatic heterocycles. The van der Waals surface area contributed by atoms with Crippen molar-refractivity contribution < 1.29 is 32.3 Å². The smallest absolute Gasteiger partial charge is 0.348 e. The van der Waals surface area contributed by atoms with E-state index < -0.39 is 37.2 Å². The SMILES string of the molecule is CCCCCCCCCCC(CN(CCCCC1OC(=O)C(CCCCN(C[C@H](C)CCCCCCCCCC)C[C@@H](CCCCCCCCCC)O[Si](C)(C)C)OC1=O)C[C@@H](CCCCCCCCCC)O[Si](C)(C)C)O[Si](C)(C)C. The zero-order valence-electron chi connectivity index (χ0n) is 57.7. The molecule has 1 rings (SSSR count). The summed E-state index contributed by atoms with van der Waals surface area (Å²) in [6.07, 6.45) is 50.7. The third kappa shape index (κ3) is 48.4. The quantitative estimate of drug-likeness (QED) is 0.0336. The Balaban J connectivity index is 3.00. The molecule has 12 heteroatoms. The summed E-state index contributed by atoms with van der Waals surface area (Å²) in [6.45, 7) is 38.4. The van der Waals surface area contributed by atoms with Crippen LogP contribution in [-0.2, 0) is 32.3 Å². The van der Waals surface area contributed by atoms with Crippen LogP contribution in [0.1, 0.15) is 304 Å². The number of cyclic esters (lactones) is 2. The first-order chi connectivity index (χ1) is 39.2. The normalized spacial score (nSPS) is 17.0. The highest BCUT2D eigenvalue weighted by Gasteiger charge is 2.38. The molecule has 0 N–H and O–H groups in total. The molecule has 0 spiro atoms. The number of ether oxygens (including phenoxy) is 2. The standard InChI is InChI=1S/C70H144N2O7Si3/c1-15-19-23-27-31-35-39-43-51-63(5)59-71(60-64(77-80(6,7)8)52-44-40-36-32-28-24-20-16-2)57-49-47-55-67-69(73)76-68(70(74)75-67)56-48-50-58-72(61-65(78-81(9,10)11)53-45-41-37-33-29-25-21-17-3)62-66(79-82(12,13)14)54-46-42-38-34-30-26-22-18-4/h63-68H,15-62H2,1-14H3/t63-,64-,65-,66?,67?,68?/m1/s1. The molecule has 0 amide bonds. The minimum atomic E-state index is -1.79. The lowest BCUT2D eigenvalue weighted by Crippen LogP contribution is -2.45. The van der Waals surface area contributed by atoms with Crippen molar-refractivity contribution in [2.24, 2.45) is 5.92 Å². The van der Waals surface area contributed by atoms with Gasteiger partial charge < -0.3 is 27.7 Å². The summed E-state index contributed by atoms with van der Waals surface area (Å²) in [5, 5.41) is 0. The van der Waals surface area contributed by atoms with Gasteiger partial charge in [-0.1, -0.05) is 240 Å². The highest BCUT2D eigenvalue weighted by Crippen LogP contribution is 2.25. The third-order valence-corrected chi connectivity index (χ3v) is 19.8. The van der Waals surface area contributed by atoms with E-state index in [1.807, 2.05) is 0 Å². The van der Waals surface area contributed by atoms with Gasteiger partial charge in [0.1, 0.15) is 0 Å². The fourth-order valence-corrected chi connectivity index (χ4v) is 15.9. The van der Waals surface area contributed by atoms with Crippen LogP contribution >= 0.6 is 0 Å². The van der Waals surface area contributed by atoms with E-state index in [0.29, 0.717) is 18.8 Å². The van der Waals surface area contributed by atoms with Gasteiger partial charge in [0, 0.05) is 26.2 Å². The van der Waals surface area contributed by atoms with Crippen LogP contribution in [0.3, 0.4) is 0 Å². The lowest BCUT2D eigenvalue weighted by Gasteiger charge is -2.35. The molecule has 0 bridgehead atoms. The zero-order valence-corrected chi connectivity index (χ0v) is 60.7. The maximum atomic E-state index is 13.6. The second-order valence-electron chi connectivity index (χ2n) is 29.1. The van der Waals surface area contributed by atoms with E-state index in [1.165, 1.54) is 212 Å². The van der Waals surface area contributed by atoms with E-state index in [4.69, 9.17) is 22.8 Å². The second-order valence-corrected chi connectivity index (χ2v) is 42.5. The summed E-state index contributed by atoms with van der Waals surface area (Å²) < 4.78 is 32.8. The third-order valence-electron chi connectivity index (χ3n) is 16.6. The van der Waals surface area contributed by atoms with Crippen molar-refractivity contribution in [3.8, 4) is 0 Å². The van der Waals surface area contributed by atoms with Gasteiger partial charge in [0.2, 0.25) is 0 Å². The summed E-state index contributed by atoms with van der Waals surface area (Å²) in [6, 6.07) is 0. The number of rotatable bonds is 60. The largest absolute Gasteiger partial charge is 0.448 e. The van der Waals surface area contributed by atoms with Crippen molar-refractivity contribution >= 4 is 36.9 Å². The predicted octanol–water partition coefficient (Wildman–Crippen LogP) is 21.2. The van der Waals surface area contributed by atoms with Crippen molar-refractivity contribution in [1.29, 1.82) is 0 Å². The first-order valence-corrected chi connectivity index (χ1v) is 46.3. The van der Waals surface area contributed by atoms with Crippen molar-refractivity contribution in [1.82, 2.24) is 9.80 Å². The molecule has 0 aliphatic carbocycles. The lowest BCUT2D eigenvalue weighted by molar-refractivity contribution is -0.196. The molecule has 9 nitrogen and oxygen atoms in total. The maximum absolute atomic E-state index is 13.6. The molecule has 0 saturated carbocycles. The minimum Gasteiger partial charge on any atom is -0.448 e. The van der Waals surface area contributed by atoms with Gasteiger partial charge in [-0.05, 0) is 142 Å². The average molecular weight is 1210 g/mol. The van der Waals surface area contributed by atoms with E-state index in [9.17, 15) is 9.59 Å². The molecule has 6 atom stereocenters. The first kappa shape index (κ1) is 79.4. The van der Waals surface area contributed by atoms with Gasteiger partial charge in [-0.2, -0.15) is 0 Å². The molecule has 3 unspecified atom stereocenters. The van der Waals surface area contributed by atoms with E-state index in [-0.39, 0.29) is 30.3 Å². The number of hydrogen-bond acceptors (Lipinski definition) is 9. The molecule has 0 radical (unpaired) electrons. The number of hydrogen-bond donors (Lipinski definition) is 0. The molecular formula is C70H144N2O7Si3. The Labute approximate surface area is 515 Å². The van der Waals surface area contributed by atoms with Crippen LogP contribution in [0.25, 0.3) is 0 Å². The van der Waals surface area contributed by atoms with Crippen molar-refractivity contribution in [3.05, 3.63) is 0 Å². The van der Waals surface area contributed by atoms with Crippen LogP contribution in [0.15, 0.2) is 0 Å². The second kappa shape index (κ2) is 50.3. The summed E-state index contributed by atoms with van der Waals surface area (Å²) in [5.74, 6) is -0.107. The van der Waals surface area contributed by atoms with Gasteiger partial charge in [0.05, 0.1) is 18.3 Å². The van der Waals surface area contributed by atoms with Crippen LogP contribution in [0, 0.1) is 5.92 Å². The molecule has 1 saturated heterocycles. The Hall–Kier alpha value is -0.609. The molecule has 488 valence electrons. The number of carbonyl (C=O) groups is 2. The summed E-state index contributed by atoms with van der Waals surface area (Å²) in [4.78, 5) is 32.5. The first-order valence-electron chi connectivity index (χ1n) is 36.1. The highest BCUT2D eigenvalue weighted by atomic mass is 28.4. The Morgan fingerprint density at radius 3 is 0.854 bits per heavy atom. The van der Waals surface area contributed by atoms with Crippen LogP contribution in [0.2, 0.25) is 58.9 Å². The van der Waals surface area contributed by atoms with Crippen molar-refractivity contribution in [2.45, 2.75) is 394 Å². The molecule has 1 aliphatic rings. The van der Waals surface area contributed by atoms with Gasteiger partial charge in [-0.15, -0.1) is 0 Å². The Morgan fingerprint density at radius 1 is 0.341 bits per heavy atom. The van der Waals surface area contributed by atoms with Gasteiger partial charge in [-0.3, -0.25) is 4.90 Å². The number of nitrogens with zero attached hydrogens (tertiary/aromatic N) is 2. The lowest BCUT2D eigenvalue weighted by atomic mass is 10.00. The molecule has 1 heterocycles. The molecule has 82 heavy (non-hydrogen) atoms. The topological polar surface area (TPSA) is 86.8 Å². The average Bonchev–Trinajstić information content (AvgIpc) is 3.39. The van der Waals surface area contributed by atoms with Gasteiger partial charge in [0.15, 0.2) is 37.2 Å². The summed E-state index contributed by atoms with van der Waals surface area (Å²) in [5.41, 5.74) is 0. The monoisotopic (exact) mass is 1210 g/mol. The van der Waals surface area contributed by atoms with Crippen LogP contribution in [0.4, 0.5) is 0 Å². The van der Waals surface area contributed by atoms with E-state index >= 15 is 0 Å².